The quantitative estimate of drug-likeness (QED) is 0.309. The molecule has 3 amide bonds. The van der Waals surface area contributed by atoms with Gasteiger partial charge in [0.05, 0.1) is 25.3 Å². The highest BCUT2D eigenvalue weighted by Crippen LogP contribution is 2.04. The van der Waals surface area contributed by atoms with E-state index >= 15 is 0 Å². The third kappa shape index (κ3) is 4.98. The van der Waals surface area contributed by atoms with Crippen LogP contribution in [0.3, 0.4) is 0 Å². The normalized spacial score (nSPS) is 15.0. The van der Waals surface area contributed by atoms with Crippen LogP contribution in [-0.4, -0.2) is 51.0 Å². The molecule has 3 atom stereocenters. The van der Waals surface area contributed by atoms with Crippen molar-refractivity contribution in [1.29, 1.82) is 0 Å². The number of nitrogens with two attached hydrogens (primary N) is 2. The first-order valence-electron chi connectivity index (χ1n) is 6.05. The number of primary amides is 1. The van der Waals surface area contributed by atoms with Gasteiger partial charge in [-0.05, 0) is 6.92 Å². The highest BCUT2D eigenvalue weighted by molar-refractivity contribution is 5.86. The van der Waals surface area contributed by atoms with Gasteiger partial charge in [-0.3, -0.25) is 4.79 Å². The predicted molar refractivity (Wildman–Crippen MR) is 68.3 cm³/mol. The van der Waals surface area contributed by atoms with Gasteiger partial charge in [0.1, 0.15) is 6.04 Å². The summed E-state index contributed by atoms with van der Waals surface area (Å²) < 4.78 is 4.80. The Labute approximate surface area is 119 Å². The highest BCUT2D eigenvalue weighted by Gasteiger charge is 2.23. The zero-order chi connectivity index (χ0) is 16.0. The van der Waals surface area contributed by atoms with E-state index in [9.17, 15) is 14.7 Å². The fourth-order valence-corrected chi connectivity index (χ4v) is 1.35. The minimum Gasteiger partial charge on any atom is -0.394 e. The molecular weight excluding hydrogens is 284 g/mol. The van der Waals surface area contributed by atoms with Crippen LogP contribution in [0.2, 0.25) is 0 Å². The first kappa shape index (κ1) is 16.8. The van der Waals surface area contributed by atoms with Crippen molar-refractivity contribution in [3.8, 4) is 0 Å². The monoisotopic (exact) mass is 302 g/mol. The van der Waals surface area contributed by atoms with Crippen molar-refractivity contribution in [2.75, 3.05) is 6.61 Å². The van der Waals surface area contributed by atoms with E-state index in [1.165, 1.54) is 6.92 Å². The number of nitrogens with one attached hydrogen (secondary N) is 2. The highest BCUT2D eigenvalue weighted by atomic mass is 16.5. The zero-order valence-corrected chi connectivity index (χ0v) is 11.3. The van der Waals surface area contributed by atoms with Crippen LogP contribution in [0.4, 0.5) is 4.79 Å². The fourth-order valence-electron chi connectivity index (χ4n) is 1.35. The van der Waals surface area contributed by atoms with Crippen molar-refractivity contribution in [3.63, 3.8) is 0 Å². The van der Waals surface area contributed by atoms with Gasteiger partial charge in [-0.1, -0.05) is 5.16 Å². The molecule has 8 N–H and O–H groups in total. The molecule has 0 bridgehead atoms. The van der Waals surface area contributed by atoms with Gasteiger partial charge in [0, 0.05) is 0 Å². The summed E-state index contributed by atoms with van der Waals surface area (Å²) in [5.74, 6) is -0.695. The topological polar surface area (TPSA) is 190 Å². The lowest BCUT2D eigenvalue weighted by Gasteiger charge is -2.17. The number of hydrogen-bond donors (Lipinski definition) is 6. The molecule has 0 aliphatic carbocycles. The van der Waals surface area contributed by atoms with Gasteiger partial charge in [0.15, 0.2) is 5.82 Å². The molecule has 0 saturated carbocycles. The number of aliphatic hydroxyl groups excluding tert-OH is 2. The summed E-state index contributed by atoms with van der Waals surface area (Å²) in [6.07, 6.45) is -1.13. The summed E-state index contributed by atoms with van der Waals surface area (Å²) in [6, 6.07) is -2.73. The van der Waals surface area contributed by atoms with E-state index in [4.69, 9.17) is 21.1 Å². The average molecular weight is 302 g/mol. The van der Waals surface area contributed by atoms with Crippen molar-refractivity contribution < 1.29 is 24.3 Å². The van der Waals surface area contributed by atoms with Crippen LogP contribution in [0.5, 0.6) is 0 Å². The number of carbonyl (C=O) groups excluding carboxylic acids is 2. The maximum Gasteiger partial charge on any atom is 0.315 e. The van der Waals surface area contributed by atoms with Gasteiger partial charge in [-0.15, -0.1) is 0 Å². The van der Waals surface area contributed by atoms with E-state index in [1.54, 1.807) is 0 Å². The second-order valence-corrected chi connectivity index (χ2v) is 4.28. The molecule has 11 nitrogen and oxygen atoms in total. The van der Waals surface area contributed by atoms with E-state index in [0.717, 1.165) is 0 Å². The number of aliphatic hydroxyl groups is 2. The van der Waals surface area contributed by atoms with Crippen LogP contribution in [0.1, 0.15) is 24.7 Å². The Hall–Kier alpha value is -2.24. The first-order valence-corrected chi connectivity index (χ1v) is 6.05. The fraction of sp³-hybridized carbons (Fsp3) is 0.600. The molecule has 1 aromatic heterocycles. The third-order valence-electron chi connectivity index (χ3n) is 2.49. The maximum absolute atomic E-state index is 11.5. The van der Waals surface area contributed by atoms with Gasteiger partial charge >= 0.3 is 6.03 Å². The largest absolute Gasteiger partial charge is 0.394 e. The molecule has 0 aromatic carbocycles. The summed E-state index contributed by atoms with van der Waals surface area (Å²) in [4.78, 5) is 26.4. The second kappa shape index (κ2) is 7.52. The third-order valence-corrected chi connectivity index (χ3v) is 2.49. The molecule has 11 heteroatoms. The van der Waals surface area contributed by atoms with Crippen molar-refractivity contribution in [3.05, 3.63) is 11.7 Å². The predicted octanol–water partition coefficient (Wildman–Crippen LogP) is -2.90. The molecule has 0 spiro atoms. The molecular formula is C10H18N6O5. The lowest BCUT2D eigenvalue weighted by molar-refractivity contribution is -0.122. The second-order valence-electron chi connectivity index (χ2n) is 4.28. The Kier molecular flexibility index (Phi) is 6.02. The molecule has 0 saturated heterocycles. The van der Waals surface area contributed by atoms with Gasteiger partial charge in [0.25, 0.3) is 0 Å². The van der Waals surface area contributed by atoms with E-state index in [-0.39, 0.29) is 24.9 Å². The number of amides is 3. The molecule has 1 aromatic rings. The SMILES string of the molecule is CC(O)[C@H](NC(=O)NCc1nc([C@@H](N)CO)no1)C(N)=O. The van der Waals surface area contributed by atoms with Crippen molar-refractivity contribution in [2.24, 2.45) is 11.5 Å². The minimum absolute atomic E-state index is 0.0664. The van der Waals surface area contributed by atoms with Gasteiger partial charge in [-0.2, -0.15) is 4.98 Å². The number of hydrogen-bond acceptors (Lipinski definition) is 8. The van der Waals surface area contributed by atoms with E-state index in [1.807, 2.05) is 0 Å². The average Bonchev–Trinajstić information content (AvgIpc) is 2.89. The Bertz CT molecular complexity index is 490. The maximum atomic E-state index is 11.5. The summed E-state index contributed by atoms with van der Waals surface area (Å²) in [5, 5.41) is 26.2. The van der Waals surface area contributed by atoms with Crippen molar-refractivity contribution >= 4 is 11.9 Å². The van der Waals surface area contributed by atoms with Crippen LogP contribution in [-0.2, 0) is 11.3 Å². The number of carbonyl (C=O) groups is 2. The summed E-state index contributed by atoms with van der Waals surface area (Å²) in [5.41, 5.74) is 10.5. The number of urea groups is 1. The van der Waals surface area contributed by atoms with Crippen LogP contribution >= 0.6 is 0 Å². The Morgan fingerprint density at radius 1 is 1.48 bits per heavy atom. The molecule has 118 valence electrons. The first-order chi connectivity index (χ1) is 9.85. The summed E-state index contributed by atoms with van der Waals surface area (Å²) in [6.45, 7) is 0.847. The van der Waals surface area contributed by atoms with Gasteiger partial charge in [0.2, 0.25) is 11.8 Å². The smallest absolute Gasteiger partial charge is 0.315 e. The molecule has 1 rings (SSSR count). The zero-order valence-electron chi connectivity index (χ0n) is 11.3. The van der Waals surface area contributed by atoms with Crippen molar-refractivity contribution in [1.82, 2.24) is 20.8 Å². The lowest BCUT2D eigenvalue weighted by atomic mass is 10.2. The summed E-state index contributed by atoms with van der Waals surface area (Å²) >= 11 is 0. The van der Waals surface area contributed by atoms with Crippen LogP contribution in [0.15, 0.2) is 4.52 Å². The number of aromatic nitrogens is 2. The minimum atomic E-state index is -1.22. The molecule has 21 heavy (non-hydrogen) atoms. The van der Waals surface area contributed by atoms with Crippen LogP contribution < -0.4 is 22.1 Å². The summed E-state index contributed by atoms with van der Waals surface area (Å²) in [7, 11) is 0. The molecule has 1 unspecified atom stereocenters. The number of rotatable bonds is 7. The van der Waals surface area contributed by atoms with E-state index < -0.39 is 30.1 Å². The standard InChI is InChI=1S/C10H18N6O5/c1-4(18)7(8(12)19)15-10(20)13-2-6-14-9(16-21-6)5(11)3-17/h4-5,7,17-18H,2-3,11H2,1H3,(H2,12,19)(H2,13,15,20)/t4?,5-,7-/m0/s1. The van der Waals surface area contributed by atoms with Gasteiger partial charge in [-0.25, -0.2) is 4.79 Å². The van der Waals surface area contributed by atoms with E-state index in [2.05, 4.69) is 20.8 Å². The van der Waals surface area contributed by atoms with Gasteiger partial charge < -0.3 is 36.8 Å². The molecule has 0 fully saturated rings. The Balaban J connectivity index is 2.49. The van der Waals surface area contributed by atoms with Crippen LogP contribution in [0.25, 0.3) is 0 Å². The molecule has 0 aliphatic rings. The van der Waals surface area contributed by atoms with Crippen LogP contribution in [0, 0.1) is 0 Å². The lowest BCUT2D eigenvalue weighted by Crippen LogP contribution is -2.53. The van der Waals surface area contributed by atoms with Crippen molar-refractivity contribution in [2.45, 2.75) is 31.7 Å². The molecule has 0 aliphatic heterocycles. The van der Waals surface area contributed by atoms with E-state index in [0.29, 0.717) is 0 Å². The Morgan fingerprint density at radius 2 is 2.14 bits per heavy atom. The Morgan fingerprint density at radius 3 is 2.67 bits per heavy atom. The number of nitrogens with zero attached hydrogens (tertiary/aromatic N) is 2. The molecule has 1 heterocycles. The molecule has 0 radical (unpaired) electrons.